The van der Waals surface area contributed by atoms with Crippen molar-refractivity contribution < 1.29 is 43.0 Å². The van der Waals surface area contributed by atoms with Gasteiger partial charge in [-0.1, -0.05) is 74.9 Å². The van der Waals surface area contributed by atoms with Gasteiger partial charge in [0, 0.05) is 58.6 Å². The van der Waals surface area contributed by atoms with Gasteiger partial charge in [-0.3, -0.25) is 44.7 Å². The Morgan fingerprint density at radius 1 is 0.414 bits per heavy atom. The molecule has 0 fully saturated rings. The van der Waals surface area contributed by atoms with Gasteiger partial charge < -0.3 is 30.2 Å². The van der Waals surface area contributed by atoms with Crippen LogP contribution in [0.25, 0.3) is 66.1 Å². The van der Waals surface area contributed by atoms with Gasteiger partial charge in [0.1, 0.15) is 5.60 Å². The lowest BCUT2D eigenvalue weighted by molar-refractivity contribution is -0.115. The molecule has 6 N–H and O–H groups in total. The van der Waals surface area contributed by atoms with Crippen LogP contribution in [0.2, 0.25) is 0 Å². The van der Waals surface area contributed by atoms with Crippen LogP contribution in [0.15, 0.2) is 127 Å². The van der Waals surface area contributed by atoms with Gasteiger partial charge >= 0.3 is 0 Å². The molecule has 1 unspecified atom stereocenters. The van der Waals surface area contributed by atoms with E-state index < -0.39 is 5.60 Å². The first-order valence-corrected chi connectivity index (χ1v) is 28.3. The van der Waals surface area contributed by atoms with Crippen LogP contribution in [0.5, 0.6) is 17.6 Å². The summed E-state index contributed by atoms with van der Waals surface area (Å²) in [7, 11) is 0. The number of aromatic nitrogens is 6. The molecule has 3 heterocycles. The zero-order valence-electron chi connectivity index (χ0n) is 50.9. The summed E-state index contributed by atoms with van der Waals surface area (Å²) in [5, 5.41) is 18.4. The van der Waals surface area contributed by atoms with E-state index >= 15 is 0 Å². The maximum Gasteiger partial charge on any atom is 0.233 e. The molecule has 0 aliphatic heterocycles. The highest BCUT2D eigenvalue weighted by Crippen LogP contribution is 2.35. The predicted molar refractivity (Wildman–Crippen MR) is 342 cm³/mol. The van der Waals surface area contributed by atoms with E-state index in [1.54, 1.807) is 0 Å². The van der Waals surface area contributed by atoms with Crippen LogP contribution in [0, 0.1) is 0 Å². The van der Waals surface area contributed by atoms with Crippen molar-refractivity contribution >= 4 is 103 Å². The molecule has 1 atom stereocenters. The fraction of sp³-hybridized carbons (Fsp3) is 0.273. The lowest BCUT2D eigenvalue weighted by Crippen LogP contribution is -2.24. The molecule has 0 saturated heterocycles. The SMILES string of the molecule is CC(=O)Nc1ccc(-c2ccc3nc(NC(C)=O)nc(OC(C)(C)C)c3c2)cc1.CCC(C)Oc1nc(NC(C)=O)nc2ccc(-c3ccc(NC(C)=O)cc3)cc12.CCCCOc1nc(NC(C)=O)nc2ccc(-c3ccc(NC(C)=O)cc3)cc12. The zero-order valence-corrected chi connectivity index (χ0v) is 50.9. The van der Waals surface area contributed by atoms with Crippen LogP contribution in [-0.4, -0.2) is 83.7 Å². The topological polar surface area (TPSA) is 280 Å². The van der Waals surface area contributed by atoms with Gasteiger partial charge in [-0.15, -0.1) is 0 Å². The Kier molecular flexibility index (Phi) is 21.7. The van der Waals surface area contributed by atoms with Crippen LogP contribution < -0.4 is 46.1 Å². The maximum absolute atomic E-state index is 11.4. The Balaban J connectivity index is 0.000000186. The number of amides is 6. The second-order valence-corrected chi connectivity index (χ2v) is 21.3. The highest BCUT2D eigenvalue weighted by molar-refractivity contribution is 5.96. The quantitative estimate of drug-likeness (QED) is 0.0462. The summed E-state index contributed by atoms with van der Waals surface area (Å²) in [5.41, 5.74) is 9.66. The Hall–Kier alpha value is -10.4. The number of unbranched alkanes of at least 4 members (excludes halogenated alkanes) is 1. The van der Waals surface area contributed by atoms with Crippen LogP contribution >= 0.6 is 0 Å². The van der Waals surface area contributed by atoms with Gasteiger partial charge in [-0.2, -0.15) is 15.0 Å². The number of hydrogen-bond acceptors (Lipinski definition) is 15. The summed E-state index contributed by atoms with van der Waals surface area (Å²) >= 11 is 0. The molecule has 21 nitrogen and oxygen atoms in total. The normalized spacial score (nSPS) is 11.2. The number of benzene rings is 6. The summed E-state index contributed by atoms with van der Waals surface area (Å²) in [5.74, 6) is 0.885. The number of hydrogen-bond donors (Lipinski definition) is 6. The van der Waals surface area contributed by atoms with Crippen LogP contribution in [-0.2, 0) is 28.8 Å². The van der Waals surface area contributed by atoms with Gasteiger partial charge in [0.2, 0.25) is 70.9 Å². The molecule has 0 aliphatic carbocycles. The molecule has 6 aromatic carbocycles. The van der Waals surface area contributed by atoms with Crippen molar-refractivity contribution in [1.82, 2.24) is 29.9 Å². The fourth-order valence-electron chi connectivity index (χ4n) is 8.48. The Morgan fingerprint density at radius 3 is 1.05 bits per heavy atom. The van der Waals surface area contributed by atoms with E-state index in [-0.39, 0.29) is 59.4 Å². The van der Waals surface area contributed by atoms with E-state index in [2.05, 4.69) is 68.7 Å². The Morgan fingerprint density at radius 2 is 0.724 bits per heavy atom. The molecule has 21 heteroatoms. The highest BCUT2D eigenvalue weighted by Gasteiger charge is 2.20. The third-order valence-corrected chi connectivity index (χ3v) is 12.5. The van der Waals surface area contributed by atoms with Crippen molar-refractivity contribution in [2.75, 3.05) is 38.5 Å². The lowest BCUT2D eigenvalue weighted by Gasteiger charge is -2.22. The van der Waals surface area contributed by atoms with Crippen LogP contribution in [0.3, 0.4) is 0 Å². The number of ether oxygens (including phenoxy) is 3. The third-order valence-electron chi connectivity index (χ3n) is 12.5. The molecule has 9 rings (SSSR count). The Bertz CT molecular complexity index is 3960. The summed E-state index contributed by atoms with van der Waals surface area (Å²) in [4.78, 5) is 94.2. The minimum Gasteiger partial charge on any atom is -0.477 e. The van der Waals surface area contributed by atoms with E-state index in [9.17, 15) is 28.8 Å². The maximum atomic E-state index is 11.4. The van der Waals surface area contributed by atoms with Crippen LogP contribution in [0.1, 0.15) is 102 Å². The van der Waals surface area contributed by atoms with Gasteiger partial charge in [-0.05, 0) is 147 Å². The molecule has 6 amide bonds. The minimum absolute atomic E-state index is 0.0288. The van der Waals surface area contributed by atoms with Gasteiger partial charge in [0.15, 0.2) is 0 Å². The predicted octanol–water partition coefficient (Wildman–Crippen LogP) is 13.2. The second kappa shape index (κ2) is 29.4. The number of nitrogens with one attached hydrogen (secondary N) is 6. The third kappa shape index (κ3) is 19.0. The van der Waals surface area contributed by atoms with Crippen molar-refractivity contribution in [3.8, 4) is 51.0 Å². The molecule has 0 aliphatic rings. The van der Waals surface area contributed by atoms with E-state index in [1.165, 1.54) is 41.5 Å². The van der Waals surface area contributed by atoms with Crippen molar-refractivity contribution in [2.24, 2.45) is 0 Å². The Labute approximate surface area is 504 Å². The van der Waals surface area contributed by atoms with Gasteiger partial charge in [0.25, 0.3) is 0 Å². The van der Waals surface area contributed by atoms with Crippen molar-refractivity contribution in [3.05, 3.63) is 127 Å². The first-order chi connectivity index (χ1) is 41.4. The van der Waals surface area contributed by atoms with Crippen molar-refractivity contribution in [3.63, 3.8) is 0 Å². The second-order valence-electron chi connectivity index (χ2n) is 21.3. The summed E-state index contributed by atoms with van der Waals surface area (Å²) in [6.07, 6.45) is 2.71. The minimum atomic E-state index is -0.467. The lowest BCUT2D eigenvalue weighted by atomic mass is 10.0. The molecule has 0 radical (unpaired) electrons. The number of carbonyl (C=O) groups is 6. The first-order valence-electron chi connectivity index (χ1n) is 28.3. The summed E-state index contributed by atoms with van der Waals surface area (Å²) in [6, 6.07) is 40.1. The molecular weight excluding hydrogens is 1100 g/mol. The van der Waals surface area contributed by atoms with E-state index in [4.69, 9.17) is 14.2 Å². The van der Waals surface area contributed by atoms with E-state index in [0.717, 1.165) is 85.9 Å². The number of rotatable bonds is 17. The van der Waals surface area contributed by atoms with Gasteiger partial charge in [-0.25, -0.2) is 15.0 Å². The molecule has 3 aromatic heterocycles. The number of carbonyl (C=O) groups excluding carboxylic acids is 6. The standard InChI is InChI=1S/3C22H24N4O3/c1-13(27)23-17-9-6-15(7-10-17)16-8-11-19-18(12-16)20(29-22(3,4)5)26-21(25-19)24-14(2)28;1-5-13(2)29-21-19-12-17(16-6-9-18(10-7-16)23-14(3)27)8-11-20(19)25-22(26-21)24-15(4)28;1-4-5-12-29-21-19-13-17(16-6-9-18(10-7-16)23-14(2)27)8-11-20(19)25-22(26-21)24-15(3)28/h6-12H,1-5H3,(H,23,27)(H,24,25,26,28);6-13H,5H2,1-4H3,(H,23,27)(H,24,25,26,28);6-11,13H,4-5,12H2,1-3H3,(H,23,27)(H,24,25,26,28). The number of anilines is 6. The fourth-order valence-corrected chi connectivity index (χ4v) is 8.48. The molecule has 87 heavy (non-hydrogen) atoms. The molecule has 450 valence electrons. The molecule has 0 bridgehead atoms. The average molecular weight is 1180 g/mol. The summed E-state index contributed by atoms with van der Waals surface area (Å²) < 4.78 is 17.9. The van der Waals surface area contributed by atoms with Gasteiger partial charge in [0.05, 0.1) is 45.4 Å². The number of nitrogens with zero attached hydrogens (tertiary/aromatic N) is 6. The molecule has 0 spiro atoms. The molecule has 0 saturated carbocycles. The zero-order chi connectivity index (χ0) is 63.0. The molecular formula is C66H72N12O9. The first kappa shape index (κ1) is 64.1. The van der Waals surface area contributed by atoms with E-state index in [1.807, 2.05) is 162 Å². The largest absolute Gasteiger partial charge is 0.477 e. The van der Waals surface area contributed by atoms with Crippen LogP contribution in [0.4, 0.5) is 34.9 Å². The molecule has 9 aromatic rings. The van der Waals surface area contributed by atoms with E-state index in [0.29, 0.717) is 40.8 Å². The highest BCUT2D eigenvalue weighted by atomic mass is 16.5. The smallest absolute Gasteiger partial charge is 0.233 e. The van der Waals surface area contributed by atoms with Crippen molar-refractivity contribution in [1.29, 1.82) is 0 Å². The van der Waals surface area contributed by atoms with Crippen molar-refractivity contribution in [2.45, 2.75) is 114 Å². The average Bonchev–Trinajstić information content (AvgIpc) is 2.15. The number of fused-ring (bicyclic) bond motifs is 3. The summed E-state index contributed by atoms with van der Waals surface area (Å²) in [6.45, 7) is 21.1. The monoisotopic (exact) mass is 1180 g/mol.